The lowest BCUT2D eigenvalue weighted by Gasteiger charge is -2.36. The van der Waals surface area contributed by atoms with E-state index in [1.165, 1.54) is 7.11 Å². The Morgan fingerprint density at radius 1 is 1.27 bits per heavy atom. The quantitative estimate of drug-likeness (QED) is 0.551. The summed E-state index contributed by atoms with van der Waals surface area (Å²) < 4.78 is 7.18. The Morgan fingerprint density at radius 3 is 2.79 bits per heavy atom. The van der Waals surface area contributed by atoms with Gasteiger partial charge in [-0.1, -0.05) is 29.3 Å². The number of likely N-dealkylation sites (tertiary alicyclic amines) is 1. The number of nitrogens with one attached hydrogen (secondary N) is 1. The van der Waals surface area contributed by atoms with Gasteiger partial charge in [-0.15, -0.1) is 0 Å². The average molecular weight is 490 g/mol. The summed E-state index contributed by atoms with van der Waals surface area (Å²) in [6, 6.07) is 8.48. The molecule has 1 aliphatic rings. The molecule has 33 heavy (non-hydrogen) atoms. The Kier molecular flexibility index (Phi) is 7.19. The van der Waals surface area contributed by atoms with Gasteiger partial charge >= 0.3 is 0 Å². The molecular weight excluding hydrogens is 465 g/mol. The molecule has 1 aromatic carbocycles. The minimum absolute atomic E-state index is 0.209. The average Bonchev–Trinajstić information content (AvgIpc) is 3.24. The largest absolute Gasteiger partial charge is 0.479 e. The van der Waals surface area contributed by atoms with E-state index in [4.69, 9.17) is 27.9 Å². The minimum atomic E-state index is -0.644. The van der Waals surface area contributed by atoms with E-state index in [0.29, 0.717) is 47.7 Å². The highest BCUT2D eigenvalue weighted by Crippen LogP contribution is 2.25. The maximum Gasteiger partial charge on any atom is 0.270 e. The SMILES string of the molecule is COc1nc(C(=O)NC2CN(Cc3ccc(Cl)c(Cl)c3)CCC2O)ccc1-n1cnc(C)c1. The van der Waals surface area contributed by atoms with Gasteiger partial charge < -0.3 is 19.7 Å². The van der Waals surface area contributed by atoms with Crippen molar-refractivity contribution in [2.75, 3.05) is 20.2 Å². The number of carbonyl (C=O) groups excluding carboxylic acids is 1. The van der Waals surface area contributed by atoms with Crippen molar-refractivity contribution in [1.82, 2.24) is 24.8 Å². The summed E-state index contributed by atoms with van der Waals surface area (Å²) in [5, 5.41) is 14.4. The fourth-order valence-electron chi connectivity index (χ4n) is 3.89. The standard InChI is InChI=1S/C23H25Cl2N5O3/c1-14-10-30(13-26-14)20-6-5-18(28-23(20)33-2)22(32)27-19-12-29(8-7-21(19)31)11-15-3-4-16(24)17(25)9-15/h3-6,9-10,13,19,21,31H,7-8,11-12H2,1-2H3,(H,27,32). The number of rotatable bonds is 6. The lowest BCUT2D eigenvalue weighted by atomic mass is 10.0. The number of piperidine rings is 1. The van der Waals surface area contributed by atoms with Crippen molar-refractivity contribution in [3.8, 4) is 11.6 Å². The second kappa shape index (κ2) is 10.1. The highest BCUT2D eigenvalue weighted by atomic mass is 35.5. The van der Waals surface area contributed by atoms with Gasteiger partial charge in [-0.05, 0) is 43.2 Å². The van der Waals surface area contributed by atoms with Crippen LogP contribution in [0.3, 0.4) is 0 Å². The summed E-state index contributed by atoms with van der Waals surface area (Å²) in [6.45, 7) is 3.73. The molecule has 2 N–H and O–H groups in total. The van der Waals surface area contributed by atoms with E-state index < -0.39 is 12.1 Å². The van der Waals surface area contributed by atoms with E-state index in [0.717, 1.165) is 11.3 Å². The molecule has 3 aromatic rings. The number of aliphatic hydroxyl groups excluding tert-OH is 1. The van der Waals surface area contributed by atoms with E-state index in [2.05, 4.69) is 20.2 Å². The first kappa shape index (κ1) is 23.5. The molecule has 1 fully saturated rings. The molecule has 1 saturated heterocycles. The van der Waals surface area contributed by atoms with Crippen molar-refractivity contribution < 1.29 is 14.6 Å². The molecule has 8 nitrogen and oxygen atoms in total. The number of nitrogens with zero attached hydrogens (tertiary/aromatic N) is 4. The second-order valence-corrected chi connectivity index (χ2v) is 8.88. The smallest absolute Gasteiger partial charge is 0.270 e. The number of imidazole rings is 1. The number of halogens is 2. The van der Waals surface area contributed by atoms with E-state index in [1.54, 1.807) is 29.1 Å². The van der Waals surface area contributed by atoms with Crippen molar-refractivity contribution in [3.63, 3.8) is 0 Å². The van der Waals surface area contributed by atoms with Gasteiger partial charge in [-0.2, -0.15) is 0 Å². The lowest BCUT2D eigenvalue weighted by molar-refractivity contribution is 0.0408. The predicted molar refractivity (Wildman–Crippen MR) is 126 cm³/mol. The van der Waals surface area contributed by atoms with Crippen LogP contribution in [0.5, 0.6) is 5.88 Å². The molecule has 1 aliphatic heterocycles. The number of aliphatic hydroxyl groups is 1. The van der Waals surface area contributed by atoms with E-state index in [-0.39, 0.29) is 11.6 Å². The third-order valence-corrected chi connectivity index (χ3v) is 6.36. The summed E-state index contributed by atoms with van der Waals surface area (Å²) in [5.41, 5.74) is 2.76. The van der Waals surface area contributed by atoms with Crippen LogP contribution in [0.2, 0.25) is 10.0 Å². The third kappa shape index (κ3) is 5.47. The molecule has 2 atom stereocenters. The monoisotopic (exact) mass is 489 g/mol. The van der Waals surface area contributed by atoms with Crippen LogP contribution in [-0.2, 0) is 6.54 Å². The Hall–Kier alpha value is -2.65. The molecule has 174 valence electrons. The van der Waals surface area contributed by atoms with Gasteiger partial charge in [0.2, 0.25) is 5.88 Å². The van der Waals surface area contributed by atoms with Crippen LogP contribution in [0.1, 0.15) is 28.2 Å². The number of carbonyl (C=O) groups is 1. The number of aromatic nitrogens is 3. The topological polar surface area (TPSA) is 92.5 Å². The molecule has 0 saturated carbocycles. The first-order valence-corrected chi connectivity index (χ1v) is 11.3. The molecular formula is C23H25Cl2N5O3. The fraction of sp³-hybridized carbons (Fsp3) is 0.348. The zero-order valence-electron chi connectivity index (χ0n) is 18.3. The summed E-state index contributed by atoms with van der Waals surface area (Å²) in [6.07, 6.45) is 3.41. The number of ether oxygens (including phenoxy) is 1. The van der Waals surface area contributed by atoms with Gasteiger partial charge in [-0.25, -0.2) is 9.97 Å². The molecule has 0 aliphatic carbocycles. The maximum absolute atomic E-state index is 12.9. The van der Waals surface area contributed by atoms with Crippen molar-refractivity contribution in [2.24, 2.45) is 0 Å². The lowest BCUT2D eigenvalue weighted by Crippen LogP contribution is -2.54. The van der Waals surface area contributed by atoms with Gasteiger partial charge in [0, 0.05) is 25.8 Å². The minimum Gasteiger partial charge on any atom is -0.479 e. The normalized spacial score (nSPS) is 18.8. The Bertz CT molecular complexity index is 1150. The van der Waals surface area contributed by atoms with E-state index in [9.17, 15) is 9.90 Å². The Balaban J connectivity index is 1.44. The van der Waals surface area contributed by atoms with Crippen LogP contribution in [-0.4, -0.2) is 62.8 Å². The van der Waals surface area contributed by atoms with Crippen LogP contribution in [0.4, 0.5) is 0 Å². The first-order chi connectivity index (χ1) is 15.8. The first-order valence-electron chi connectivity index (χ1n) is 10.5. The number of amides is 1. The molecule has 0 radical (unpaired) electrons. The summed E-state index contributed by atoms with van der Waals surface area (Å²) in [7, 11) is 1.50. The summed E-state index contributed by atoms with van der Waals surface area (Å²) in [5.74, 6) is -0.0624. The molecule has 1 amide bonds. The van der Waals surface area contributed by atoms with Crippen LogP contribution in [0.15, 0.2) is 42.9 Å². The van der Waals surface area contributed by atoms with Gasteiger partial charge in [0.1, 0.15) is 11.4 Å². The molecule has 10 heteroatoms. The van der Waals surface area contributed by atoms with Gasteiger partial charge in [0.05, 0.1) is 41.3 Å². The summed E-state index contributed by atoms with van der Waals surface area (Å²) in [4.78, 5) is 23.7. The molecule has 0 spiro atoms. The molecule has 3 heterocycles. The van der Waals surface area contributed by atoms with Gasteiger partial charge in [-0.3, -0.25) is 9.69 Å². The zero-order chi connectivity index (χ0) is 23.5. The highest BCUT2D eigenvalue weighted by Gasteiger charge is 2.30. The van der Waals surface area contributed by atoms with Crippen LogP contribution in [0, 0.1) is 6.92 Å². The van der Waals surface area contributed by atoms with Crippen LogP contribution in [0.25, 0.3) is 5.69 Å². The maximum atomic E-state index is 12.9. The number of pyridine rings is 1. The van der Waals surface area contributed by atoms with Crippen LogP contribution >= 0.6 is 23.2 Å². The van der Waals surface area contributed by atoms with Crippen molar-refractivity contribution in [1.29, 1.82) is 0 Å². The zero-order valence-corrected chi connectivity index (χ0v) is 19.8. The predicted octanol–water partition coefficient (Wildman–Crippen LogP) is 3.26. The second-order valence-electron chi connectivity index (χ2n) is 8.07. The van der Waals surface area contributed by atoms with E-state index in [1.807, 2.05) is 25.3 Å². The molecule has 0 bridgehead atoms. The highest BCUT2D eigenvalue weighted by molar-refractivity contribution is 6.42. The Morgan fingerprint density at radius 2 is 2.09 bits per heavy atom. The van der Waals surface area contributed by atoms with E-state index >= 15 is 0 Å². The van der Waals surface area contributed by atoms with Gasteiger partial charge in [0.25, 0.3) is 5.91 Å². The third-order valence-electron chi connectivity index (χ3n) is 5.62. The molecule has 4 rings (SSSR count). The van der Waals surface area contributed by atoms with Crippen molar-refractivity contribution in [2.45, 2.75) is 32.0 Å². The van der Waals surface area contributed by atoms with Gasteiger partial charge in [0.15, 0.2) is 0 Å². The number of benzene rings is 1. The van der Waals surface area contributed by atoms with Crippen molar-refractivity contribution in [3.05, 3.63) is 69.9 Å². The number of hydrogen-bond donors (Lipinski definition) is 2. The summed E-state index contributed by atoms with van der Waals surface area (Å²) >= 11 is 12.1. The van der Waals surface area contributed by atoms with Crippen molar-refractivity contribution >= 4 is 29.1 Å². The fourth-order valence-corrected chi connectivity index (χ4v) is 4.21. The number of aryl methyl sites for hydroxylation is 1. The number of methoxy groups -OCH3 is 1. The molecule has 2 aromatic heterocycles. The van der Waals surface area contributed by atoms with Crippen LogP contribution < -0.4 is 10.1 Å². The Labute approximate surface area is 202 Å². The number of hydrogen-bond acceptors (Lipinski definition) is 6. The molecule has 2 unspecified atom stereocenters.